The Morgan fingerprint density at radius 1 is 0.548 bits per heavy atom. The van der Waals surface area contributed by atoms with E-state index in [1.807, 2.05) is 0 Å². The molecule has 20 heteroatoms. The van der Waals surface area contributed by atoms with Gasteiger partial charge in [0.1, 0.15) is 12.2 Å². The van der Waals surface area contributed by atoms with Gasteiger partial charge in [-0.2, -0.15) is 33.7 Å². The van der Waals surface area contributed by atoms with Crippen LogP contribution in [0.5, 0.6) is 0 Å². The molecule has 0 amide bonds. The number of hydrogen-bond acceptors (Lipinski definition) is 14. The summed E-state index contributed by atoms with van der Waals surface area (Å²) in [5.74, 6) is 0. The van der Waals surface area contributed by atoms with Gasteiger partial charge < -0.3 is 0 Å². The van der Waals surface area contributed by atoms with Gasteiger partial charge in [-0.3, -0.25) is 16.7 Å². The molecule has 0 radical (unpaired) electrons. The first-order valence-corrected chi connectivity index (χ1v) is 17.7. The number of hydrogen-bond donors (Lipinski definition) is 0. The van der Waals surface area contributed by atoms with Gasteiger partial charge >= 0.3 is 0 Å². The minimum absolute atomic E-state index is 0.376. The molecule has 0 aliphatic rings. The molecular formula is C11H25ClO14S5. The van der Waals surface area contributed by atoms with E-state index in [0.717, 1.165) is 18.8 Å². The van der Waals surface area contributed by atoms with Crippen LogP contribution in [0.25, 0.3) is 0 Å². The van der Waals surface area contributed by atoms with Gasteiger partial charge in [-0.1, -0.05) is 0 Å². The van der Waals surface area contributed by atoms with Crippen molar-refractivity contribution in [3.05, 3.63) is 0 Å². The second-order valence-corrected chi connectivity index (χ2v) is 15.5. The average Bonchev–Trinajstić information content (AvgIpc) is 2.37. The van der Waals surface area contributed by atoms with Crippen LogP contribution in [-0.2, 0) is 66.3 Å². The maximum atomic E-state index is 11.4. The molecule has 0 heterocycles. The molecule has 0 aromatic carbocycles. The summed E-state index contributed by atoms with van der Waals surface area (Å²) in [6, 6.07) is 0. The largest absolute Gasteiger partial charge is 0.270 e. The number of rotatable bonds is 13. The summed E-state index contributed by atoms with van der Waals surface area (Å²) in [5.41, 5.74) is 0. The summed E-state index contributed by atoms with van der Waals surface area (Å²) in [5, 5.41) is 0. The highest BCUT2D eigenvalue weighted by molar-refractivity contribution is 8.13. The van der Waals surface area contributed by atoms with Crippen molar-refractivity contribution in [2.75, 3.05) is 44.5 Å². The van der Waals surface area contributed by atoms with E-state index in [0.29, 0.717) is 12.5 Å². The van der Waals surface area contributed by atoms with Crippen molar-refractivity contribution < 1.29 is 58.8 Å². The Morgan fingerprint density at radius 2 is 0.774 bits per heavy atom. The van der Waals surface area contributed by atoms with E-state index in [1.54, 1.807) is 0 Å². The highest BCUT2D eigenvalue weighted by Crippen LogP contribution is 2.18. The Bertz CT molecular complexity index is 991. The molecule has 0 aliphatic heterocycles. The summed E-state index contributed by atoms with van der Waals surface area (Å²) >= 11 is 0. The van der Waals surface area contributed by atoms with Crippen LogP contribution in [0.2, 0.25) is 0 Å². The van der Waals surface area contributed by atoms with E-state index in [-0.39, 0.29) is 12.8 Å². The van der Waals surface area contributed by atoms with Gasteiger partial charge in [0.2, 0.25) is 9.05 Å². The maximum absolute atomic E-state index is 11.4. The predicted octanol–water partition coefficient (Wildman–Crippen LogP) is -1.41. The SMILES string of the molecule is CS(=O)(=O)Cl.CS(=O)(=O)OCCC(OS(C)(=O)=O)C(CCOS(C)(=O)=O)OS(C)(=O)=O. The zero-order valence-electron chi connectivity index (χ0n) is 17.1. The quantitative estimate of drug-likeness (QED) is 0.182. The Kier molecular flexibility index (Phi) is 13.8. The van der Waals surface area contributed by atoms with Crippen molar-refractivity contribution in [1.29, 1.82) is 0 Å². The summed E-state index contributed by atoms with van der Waals surface area (Å²) in [6.07, 6.45) is 0.166. The Balaban J connectivity index is 0. The Hall–Kier alpha value is -0.120. The smallest absolute Gasteiger partial charge is 0.264 e. The summed E-state index contributed by atoms with van der Waals surface area (Å²) in [6.45, 7) is -1.04. The zero-order valence-corrected chi connectivity index (χ0v) is 22.0. The fraction of sp³-hybridized carbons (Fsp3) is 1.00. The summed E-state index contributed by atoms with van der Waals surface area (Å²) in [7, 11) is -14.5. The molecule has 0 aromatic heterocycles. The lowest BCUT2D eigenvalue weighted by atomic mass is 10.1. The average molecular weight is 577 g/mol. The van der Waals surface area contributed by atoms with Crippen LogP contribution in [0, 0.1) is 0 Å². The van der Waals surface area contributed by atoms with Crippen LogP contribution < -0.4 is 0 Å². The monoisotopic (exact) mass is 576 g/mol. The van der Waals surface area contributed by atoms with Gasteiger partial charge in [-0.05, 0) is 0 Å². The molecule has 0 bridgehead atoms. The molecule has 0 N–H and O–H groups in total. The van der Waals surface area contributed by atoms with Crippen LogP contribution >= 0.6 is 10.7 Å². The first kappa shape index (κ1) is 33.1. The molecule has 0 saturated carbocycles. The van der Waals surface area contributed by atoms with Crippen LogP contribution in [0.15, 0.2) is 0 Å². The molecule has 31 heavy (non-hydrogen) atoms. The van der Waals surface area contributed by atoms with Crippen molar-refractivity contribution >= 4 is 60.2 Å². The molecule has 0 rings (SSSR count). The van der Waals surface area contributed by atoms with Crippen molar-refractivity contribution in [3.63, 3.8) is 0 Å². The topological polar surface area (TPSA) is 208 Å². The second-order valence-electron chi connectivity index (χ2n) is 5.99. The van der Waals surface area contributed by atoms with E-state index in [4.69, 9.17) is 8.37 Å². The fourth-order valence-electron chi connectivity index (χ4n) is 1.67. The van der Waals surface area contributed by atoms with Gasteiger partial charge in [0, 0.05) is 23.5 Å². The minimum atomic E-state index is -4.08. The molecule has 0 saturated heterocycles. The third-order valence-electron chi connectivity index (χ3n) is 2.41. The van der Waals surface area contributed by atoms with Gasteiger partial charge in [0.25, 0.3) is 40.5 Å². The Labute approximate surface area is 188 Å². The first-order valence-electron chi connectivity index (χ1n) is 7.73. The first-order chi connectivity index (χ1) is 13.4. The summed E-state index contributed by atoms with van der Waals surface area (Å²) in [4.78, 5) is 0. The van der Waals surface area contributed by atoms with Gasteiger partial charge in [-0.25, -0.2) is 8.42 Å². The molecule has 0 aromatic rings. The highest BCUT2D eigenvalue weighted by atomic mass is 35.7. The molecule has 0 aliphatic carbocycles. The molecule has 14 nitrogen and oxygen atoms in total. The van der Waals surface area contributed by atoms with E-state index < -0.39 is 74.9 Å². The van der Waals surface area contributed by atoms with Crippen LogP contribution in [-0.4, -0.2) is 98.8 Å². The lowest BCUT2D eigenvalue weighted by Crippen LogP contribution is -2.37. The molecular weight excluding hydrogens is 552 g/mol. The third-order valence-corrected chi connectivity index (χ3v) is 4.79. The number of halogens is 1. The van der Waals surface area contributed by atoms with Crippen molar-refractivity contribution in [3.8, 4) is 0 Å². The van der Waals surface area contributed by atoms with E-state index in [2.05, 4.69) is 19.0 Å². The third kappa shape index (κ3) is 29.9. The maximum Gasteiger partial charge on any atom is 0.264 e. The van der Waals surface area contributed by atoms with E-state index in [9.17, 15) is 42.1 Å². The normalized spacial score (nSPS) is 15.5. The summed E-state index contributed by atoms with van der Waals surface area (Å²) < 4.78 is 127. The fourth-order valence-corrected chi connectivity index (χ4v) is 3.81. The van der Waals surface area contributed by atoms with E-state index in [1.165, 1.54) is 0 Å². The standard InChI is InChI=1S/C10H22O12S4.CH3ClO2S/c1-23(11,12)19-7-5-9(21-25(3,15)16)10(22-26(4,17)18)6-8-20-24(2,13)14;1-5(2,3)4/h9-10H,5-8H2,1-4H3;1H3. The van der Waals surface area contributed by atoms with Gasteiger partial charge in [0.15, 0.2) is 0 Å². The second kappa shape index (κ2) is 12.9. The minimum Gasteiger partial charge on any atom is -0.270 e. The lowest BCUT2D eigenvalue weighted by Gasteiger charge is -2.25. The predicted molar refractivity (Wildman–Crippen MR) is 111 cm³/mol. The molecule has 0 fully saturated rings. The zero-order chi connectivity index (χ0) is 25.3. The van der Waals surface area contributed by atoms with Crippen LogP contribution in [0.1, 0.15) is 12.8 Å². The highest BCUT2D eigenvalue weighted by Gasteiger charge is 2.30. The molecule has 0 spiro atoms. The molecule has 190 valence electrons. The molecule has 2 unspecified atom stereocenters. The van der Waals surface area contributed by atoms with Crippen LogP contribution in [0.3, 0.4) is 0 Å². The van der Waals surface area contributed by atoms with Crippen molar-refractivity contribution in [1.82, 2.24) is 0 Å². The van der Waals surface area contributed by atoms with Crippen molar-refractivity contribution in [2.24, 2.45) is 0 Å². The van der Waals surface area contributed by atoms with E-state index >= 15 is 0 Å². The van der Waals surface area contributed by atoms with Crippen molar-refractivity contribution in [2.45, 2.75) is 25.0 Å². The Morgan fingerprint density at radius 3 is 0.935 bits per heavy atom. The van der Waals surface area contributed by atoms with Gasteiger partial charge in [-0.15, -0.1) is 0 Å². The van der Waals surface area contributed by atoms with Crippen LogP contribution in [0.4, 0.5) is 0 Å². The lowest BCUT2D eigenvalue weighted by molar-refractivity contribution is 0.0369. The van der Waals surface area contributed by atoms with Gasteiger partial charge in [0.05, 0.1) is 44.5 Å². The molecule has 2 atom stereocenters.